The highest BCUT2D eigenvalue weighted by atomic mass is 32.1. The number of ether oxygens (including phenoxy) is 2. The number of aryl methyl sites for hydroxylation is 1. The Morgan fingerprint density at radius 3 is 2.68 bits per heavy atom. The van der Waals surface area contributed by atoms with E-state index in [0.29, 0.717) is 17.2 Å². The summed E-state index contributed by atoms with van der Waals surface area (Å²) in [6.45, 7) is 0.317. The summed E-state index contributed by atoms with van der Waals surface area (Å²) >= 11 is 1.48. The molecule has 0 saturated heterocycles. The Morgan fingerprint density at radius 1 is 1.16 bits per heavy atom. The van der Waals surface area contributed by atoms with E-state index in [2.05, 4.69) is 5.32 Å². The van der Waals surface area contributed by atoms with Crippen molar-refractivity contribution in [3.05, 3.63) is 51.9 Å². The number of methoxy groups -OCH3 is 1. The quantitative estimate of drug-likeness (QED) is 0.801. The molecule has 0 bridgehead atoms. The van der Waals surface area contributed by atoms with Crippen molar-refractivity contribution in [1.29, 1.82) is 0 Å². The molecule has 132 valence electrons. The molecule has 2 aromatic rings. The topological polar surface area (TPSA) is 64.6 Å². The third kappa shape index (κ3) is 4.27. The molecule has 1 aromatic heterocycles. The van der Waals surface area contributed by atoms with Crippen LogP contribution in [0.5, 0.6) is 0 Å². The second-order valence-electron chi connectivity index (χ2n) is 5.93. The van der Waals surface area contributed by atoms with Crippen LogP contribution in [0.25, 0.3) is 0 Å². The summed E-state index contributed by atoms with van der Waals surface area (Å²) in [5.41, 5.74) is 2.55. The zero-order valence-electron chi connectivity index (χ0n) is 14.2. The predicted octanol–water partition coefficient (Wildman–Crippen LogP) is 3.57. The van der Waals surface area contributed by atoms with Crippen LogP contribution in [0.2, 0.25) is 0 Å². The van der Waals surface area contributed by atoms with E-state index in [9.17, 15) is 9.59 Å². The number of esters is 1. The van der Waals surface area contributed by atoms with Crippen LogP contribution < -0.4 is 5.32 Å². The van der Waals surface area contributed by atoms with Gasteiger partial charge in [0.05, 0.1) is 19.3 Å². The number of rotatable bonds is 6. The highest BCUT2D eigenvalue weighted by molar-refractivity contribution is 7.17. The number of hydrogen-bond donors (Lipinski definition) is 1. The molecule has 0 aliphatic heterocycles. The third-order valence-corrected chi connectivity index (χ3v) is 5.37. The minimum atomic E-state index is -0.389. The Kier molecular flexibility index (Phi) is 5.83. The van der Waals surface area contributed by atoms with Crippen molar-refractivity contribution < 1.29 is 19.1 Å². The van der Waals surface area contributed by atoms with Crippen LogP contribution in [-0.4, -0.2) is 25.6 Å². The Labute approximate surface area is 151 Å². The average molecular weight is 359 g/mol. The first-order chi connectivity index (χ1) is 12.2. The lowest BCUT2D eigenvalue weighted by Crippen LogP contribution is -2.19. The number of amides is 1. The normalized spacial score (nSPS) is 13.2. The standard InChI is InChI=1S/C19H21NO4S/c1-23-19(22)17-14-9-5-6-10-15(14)25-18(17)20-16(21)12-24-11-13-7-3-2-4-8-13/h2-4,7-8H,5-6,9-12H2,1H3,(H,20,21). The van der Waals surface area contributed by atoms with E-state index in [4.69, 9.17) is 9.47 Å². The summed E-state index contributed by atoms with van der Waals surface area (Å²) in [7, 11) is 1.36. The molecule has 0 saturated carbocycles. The summed E-state index contributed by atoms with van der Waals surface area (Å²) < 4.78 is 10.4. The summed E-state index contributed by atoms with van der Waals surface area (Å²) in [6.07, 6.45) is 3.98. The molecular weight excluding hydrogens is 338 g/mol. The lowest BCUT2D eigenvalue weighted by atomic mass is 9.95. The number of hydrogen-bond acceptors (Lipinski definition) is 5. The monoisotopic (exact) mass is 359 g/mol. The second-order valence-corrected chi connectivity index (χ2v) is 7.04. The van der Waals surface area contributed by atoms with Gasteiger partial charge in [-0.2, -0.15) is 0 Å². The molecule has 1 amide bonds. The van der Waals surface area contributed by atoms with Gasteiger partial charge in [0.1, 0.15) is 11.6 Å². The first-order valence-electron chi connectivity index (χ1n) is 8.33. The highest BCUT2D eigenvalue weighted by Crippen LogP contribution is 2.38. The van der Waals surface area contributed by atoms with E-state index in [-0.39, 0.29) is 18.5 Å². The minimum Gasteiger partial charge on any atom is -0.465 e. The summed E-state index contributed by atoms with van der Waals surface area (Å²) in [4.78, 5) is 25.5. The van der Waals surface area contributed by atoms with Gasteiger partial charge in [-0.3, -0.25) is 4.79 Å². The summed E-state index contributed by atoms with van der Waals surface area (Å²) in [5.74, 6) is -0.653. The maximum absolute atomic E-state index is 12.2. The van der Waals surface area contributed by atoms with Crippen LogP contribution in [0, 0.1) is 0 Å². The van der Waals surface area contributed by atoms with Crippen LogP contribution in [0.4, 0.5) is 5.00 Å². The molecule has 0 radical (unpaired) electrons. The molecule has 0 fully saturated rings. The average Bonchev–Trinajstić information content (AvgIpc) is 2.99. The number of anilines is 1. The van der Waals surface area contributed by atoms with Crippen LogP contribution >= 0.6 is 11.3 Å². The molecule has 6 heteroatoms. The molecule has 0 unspecified atom stereocenters. The van der Waals surface area contributed by atoms with Crippen molar-refractivity contribution in [2.45, 2.75) is 32.3 Å². The first kappa shape index (κ1) is 17.6. The van der Waals surface area contributed by atoms with Gasteiger partial charge in [-0.25, -0.2) is 4.79 Å². The zero-order valence-corrected chi connectivity index (χ0v) is 15.0. The molecule has 0 spiro atoms. The number of carbonyl (C=O) groups excluding carboxylic acids is 2. The molecule has 1 aliphatic carbocycles. The minimum absolute atomic E-state index is 0.0575. The van der Waals surface area contributed by atoms with Gasteiger partial charge >= 0.3 is 5.97 Å². The van der Waals surface area contributed by atoms with Gasteiger partial charge in [-0.15, -0.1) is 11.3 Å². The molecule has 1 aromatic carbocycles. The van der Waals surface area contributed by atoms with E-state index in [1.165, 1.54) is 23.3 Å². The van der Waals surface area contributed by atoms with E-state index < -0.39 is 0 Å². The van der Waals surface area contributed by atoms with Crippen molar-refractivity contribution in [3.8, 4) is 0 Å². The summed E-state index contributed by atoms with van der Waals surface area (Å²) in [5, 5.41) is 3.40. The Bertz CT molecular complexity index is 754. The molecule has 5 nitrogen and oxygen atoms in total. The van der Waals surface area contributed by atoms with Crippen molar-refractivity contribution in [3.63, 3.8) is 0 Å². The molecule has 0 atom stereocenters. The molecular formula is C19H21NO4S. The lowest BCUT2D eigenvalue weighted by Gasteiger charge is -2.11. The van der Waals surface area contributed by atoms with Crippen molar-refractivity contribution in [2.75, 3.05) is 19.0 Å². The van der Waals surface area contributed by atoms with Crippen molar-refractivity contribution >= 4 is 28.2 Å². The maximum atomic E-state index is 12.2. The molecule has 1 aliphatic rings. The molecule has 3 rings (SSSR count). The molecule has 1 N–H and O–H groups in total. The Morgan fingerprint density at radius 2 is 1.92 bits per heavy atom. The number of benzene rings is 1. The van der Waals surface area contributed by atoms with Gasteiger partial charge in [-0.05, 0) is 36.8 Å². The summed E-state index contributed by atoms with van der Waals surface area (Å²) in [6, 6.07) is 9.68. The fraction of sp³-hybridized carbons (Fsp3) is 0.368. The highest BCUT2D eigenvalue weighted by Gasteiger charge is 2.26. The van der Waals surface area contributed by atoms with Gasteiger partial charge in [0, 0.05) is 4.88 Å². The van der Waals surface area contributed by atoms with Crippen molar-refractivity contribution in [1.82, 2.24) is 0 Å². The molecule has 25 heavy (non-hydrogen) atoms. The largest absolute Gasteiger partial charge is 0.465 e. The first-order valence-corrected chi connectivity index (χ1v) is 9.15. The second kappa shape index (κ2) is 8.27. The zero-order chi connectivity index (χ0) is 17.6. The third-order valence-electron chi connectivity index (χ3n) is 4.16. The van der Waals surface area contributed by atoms with Gasteiger partial charge in [0.2, 0.25) is 0 Å². The number of thiophene rings is 1. The fourth-order valence-corrected chi connectivity index (χ4v) is 4.26. The van der Waals surface area contributed by atoms with Gasteiger partial charge in [-0.1, -0.05) is 30.3 Å². The van der Waals surface area contributed by atoms with E-state index in [1.807, 2.05) is 30.3 Å². The van der Waals surface area contributed by atoms with Crippen LogP contribution in [0.15, 0.2) is 30.3 Å². The lowest BCUT2D eigenvalue weighted by molar-refractivity contribution is -0.120. The number of nitrogens with one attached hydrogen (secondary N) is 1. The number of carbonyl (C=O) groups is 2. The van der Waals surface area contributed by atoms with Crippen LogP contribution in [-0.2, 0) is 33.7 Å². The van der Waals surface area contributed by atoms with Crippen LogP contribution in [0.3, 0.4) is 0 Å². The van der Waals surface area contributed by atoms with Gasteiger partial charge in [0.25, 0.3) is 5.91 Å². The Hall–Kier alpha value is -2.18. The van der Waals surface area contributed by atoms with E-state index in [1.54, 1.807) is 0 Å². The maximum Gasteiger partial charge on any atom is 0.341 e. The Balaban J connectivity index is 1.64. The van der Waals surface area contributed by atoms with Gasteiger partial charge < -0.3 is 14.8 Å². The molecule has 1 heterocycles. The number of fused-ring (bicyclic) bond motifs is 1. The fourth-order valence-electron chi connectivity index (χ4n) is 2.97. The van der Waals surface area contributed by atoms with Crippen molar-refractivity contribution in [2.24, 2.45) is 0 Å². The predicted molar refractivity (Wildman–Crippen MR) is 97.0 cm³/mol. The van der Waals surface area contributed by atoms with E-state index in [0.717, 1.165) is 36.8 Å². The van der Waals surface area contributed by atoms with Gasteiger partial charge in [0.15, 0.2) is 0 Å². The van der Waals surface area contributed by atoms with E-state index >= 15 is 0 Å². The van der Waals surface area contributed by atoms with Crippen LogP contribution in [0.1, 0.15) is 39.2 Å². The smallest absolute Gasteiger partial charge is 0.341 e. The SMILES string of the molecule is COC(=O)c1c(NC(=O)COCc2ccccc2)sc2c1CCCC2.